The molecule has 0 fully saturated rings. The van der Waals surface area contributed by atoms with E-state index < -0.39 is 15.3 Å². The summed E-state index contributed by atoms with van der Waals surface area (Å²) in [6.07, 6.45) is 0.353. The van der Waals surface area contributed by atoms with Gasteiger partial charge in [0.2, 0.25) is 10.0 Å². The highest BCUT2D eigenvalue weighted by molar-refractivity contribution is 7.95. The molecule has 7 heteroatoms. The molecule has 0 aliphatic heterocycles. The van der Waals surface area contributed by atoms with E-state index >= 15 is 0 Å². The van der Waals surface area contributed by atoms with E-state index in [0.717, 1.165) is 10.1 Å². The second-order valence-corrected chi connectivity index (χ2v) is 7.40. The average molecular weight is 314 g/mol. The Bertz CT molecular complexity index is 707. The molecule has 0 aliphatic rings. The first-order valence-electron chi connectivity index (χ1n) is 5.72. The van der Waals surface area contributed by atoms with Crippen molar-refractivity contribution in [3.8, 4) is 0 Å². The van der Waals surface area contributed by atoms with Gasteiger partial charge in [0.05, 0.1) is 4.99 Å². The zero-order chi connectivity index (χ0) is 14.0. The maximum absolute atomic E-state index is 12.2. The number of fused-ring (bicyclic) bond motifs is 1. The van der Waals surface area contributed by atoms with Crippen LogP contribution in [0.2, 0.25) is 0 Å². The van der Waals surface area contributed by atoms with Crippen molar-refractivity contribution >= 4 is 54.3 Å². The third-order valence-corrected chi connectivity index (χ3v) is 5.96. The summed E-state index contributed by atoms with van der Waals surface area (Å²) in [5.74, 6) is 0. The van der Waals surface area contributed by atoms with Crippen molar-refractivity contribution in [1.82, 2.24) is 0 Å². The third kappa shape index (κ3) is 3.05. The number of hydrogen-bond donors (Lipinski definition) is 2. The van der Waals surface area contributed by atoms with Crippen LogP contribution in [0, 0.1) is 0 Å². The molecule has 1 unspecified atom stereocenters. The first-order chi connectivity index (χ1) is 8.94. The standard InChI is InChI=1S/C12H14N2O2S3/c1-2-11(12(13)17)19(15,16)14-9-3-4-10-8(7-9)5-6-18-10/h3-7,11,14H,2H2,1H3,(H2,13,17). The van der Waals surface area contributed by atoms with Gasteiger partial charge in [-0.3, -0.25) is 4.72 Å². The van der Waals surface area contributed by atoms with Crippen LogP contribution in [0.3, 0.4) is 0 Å². The fourth-order valence-electron chi connectivity index (χ4n) is 1.84. The lowest BCUT2D eigenvalue weighted by Gasteiger charge is -2.16. The summed E-state index contributed by atoms with van der Waals surface area (Å²) >= 11 is 6.42. The maximum Gasteiger partial charge on any atom is 0.242 e. The number of nitrogens with two attached hydrogens (primary N) is 1. The minimum Gasteiger partial charge on any atom is -0.392 e. The van der Waals surface area contributed by atoms with Gasteiger partial charge in [0, 0.05) is 10.4 Å². The van der Waals surface area contributed by atoms with Gasteiger partial charge in [-0.05, 0) is 41.5 Å². The van der Waals surface area contributed by atoms with Crippen LogP contribution >= 0.6 is 23.6 Å². The van der Waals surface area contributed by atoms with Crippen molar-refractivity contribution in [3.05, 3.63) is 29.6 Å². The number of rotatable bonds is 5. The van der Waals surface area contributed by atoms with Crippen LogP contribution < -0.4 is 10.5 Å². The zero-order valence-electron chi connectivity index (χ0n) is 10.3. The van der Waals surface area contributed by atoms with Crippen molar-refractivity contribution in [2.24, 2.45) is 5.73 Å². The summed E-state index contributed by atoms with van der Waals surface area (Å²) in [7, 11) is -3.59. The number of benzene rings is 1. The van der Waals surface area contributed by atoms with Crippen molar-refractivity contribution < 1.29 is 8.42 Å². The molecule has 3 N–H and O–H groups in total. The zero-order valence-corrected chi connectivity index (χ0v) is 12.7. The van der Waals surface area contributed by atoms with Crippen LogP contribution in [0.25, 0.3) is 10.1 Å². The Morgan fingerprint density at radius 3 is 2.84 bits per heavy atom. The van der Waals surface area contributed by atoms with E-state index in [9.17, 15) is 8.42 Å². The lowest BCUT2D eigenvalue weighted by molar-refractivity contribution is 0.594. The molecule has 19 heavy (non-hydrogen) atoms. The van der Waals surface area contributed by atoms with Crippen LogP contribution in [-0.2, 0) is 10.0 Å². The van der Waals surface area contributed by atoms with Gasteiger partial charge in [0.1, 0.15) is 5.25 Å². The van der Waals surface area contributed by atoms with Crippen LogP contribution in [0.4, 0.5) is 5.69 Å². The summed E-state index contributed by atoms with van der Waals surface area (Å²) in [6.45, 7) is 1.74. The van der Waals surface area contributed by atoms with Crippen LogP contribution in [-0.4, -0.2) is 18.7 Å². The number of hydrogen-bond acceptors (Lipinski definition) is 4. The highest BCUT2D eigenvalue weighted by Crippen LogP contribution is 2.25. The Kier molecular flexibility index (Phi) is 4.07. The summed E-state index contributed by atoms with van der Waals surface area (Å²) in [5.41, 5.74) is 6.00. The largest absolute Gasteiger partial charge is 0.392 e. The van der Waals surface area contributed by atoms with E-state index in [1.54, 1.807) is 30.4 Å². The van der Waals surface area contributed by atoms with Gasteiger partial charge >= 0.3 is 0 Å². The lowest BCUT2D eigenvalue weighted by atomic mass is 10.2. The van der Waals surface area contributed by atoms with E-state index in [2.05, 4.69) is 4.72 Å². The molecule has 102 valence electrons. The number of thiocarbonyl (C=S) groups is 1. The van der Waals surface area contributed by atoms with Gasteiger partial charge in [0.15, 0.2) is 0 Å². The molecular weight excluding hydrogens is 300 g/mol. The Morgan fingerprint density at radius 2 is 2.21 bits per heavy atom. The molecule has 1 heterocycles. The molecule has 0 aliphatic carbocycles. The van der Waals surface area contributed by atoms with Crippen LogP contribution in [0.5, 0.6) is 0 Å². The predicted molar refractivity (Wildman–Crippen MR) is 85.2 cm³/mol. The lowest BCUT2D eigenvalue weighted by Crippen LogP contribution is -2.37. The first kappa shape index (κ1) is 14.2. The fourth-order valence-corrected chi connectivity index (χ4v) is 4.50. The second-order valence-electron chi connectivity index (χ2n) is 4.12. The average Bonchev–Trinajstić information content (AvgIpc) is 2.75. The molecule has 1 atom stereocenters. The molecular formula is C12H14N2O2S3. The van der Waals surface area contributed by atoms with Crippen molar-refractivity contribution in [2.75, 3.05) is 4.72 Å². The van der Waals surface area contributed by atoms with E-state index in [1.165, 1.54) is 0 Å². The molecule has 4 nitrogen and oxygen atoms in total. The normalized spacial score (nSPS) is 13.3. The Labute approximate surface area is 121 Å². The van der Waals surface area contributed by atoms with Crippen molar-refractivity contribution in [1.29, 1.82) is 0 Å². The fraction of sp³-hybridized carbons (Fsp3) is 0.250. The summed E-state index contributed by atoms with van der Waals surface area (Å²) < 4.78 is 28.0. The molecule has 2 aromatic rings. The van der Waals surface area contributed by atoms with Gasteiger partial charge in [0.25, 0.3) is 0 Å². The van der Waals surface area contributed by atoms with Crippen molar-refractivity contribution in [3.63, 3.8) is 0 Å². The van der Waals surface area contributed by atoms with E-state index in [1.807, 2.05) is 17.5 Å². The van der Waals surface area contributed by atoms with Crippen LogP contribution in [0.1, 0.15) is 13.3 Å². The molecule has 0 spiro atoms. The van der Waals surface area contributed by atoms with Gasteiger partial charge in [-0.2, -0.15) is 0 Å². The number of anilines is 1. The van der Waals surface area contributed by atoms with Crippen molar-refractivity contribution in [2.45, 2.75) is 18.6 Å². The molecule has 2 rings (SSSR count). The van der Waals surface area contributed by atoms with E-state index in [-0.39, 0.29) is 4.99 Å². The van der Waals surface area contributed by atoms with E-state index in [0.29, 0.717) is 12.1 Å². The Hall–Kier alpha value is -1.18. The highest BCUT2D eigenvalue weighted by atomic mass is 32.2. The van der Waals surface area contributed by atoms with Gasteiger partial charge in [-0.1, -0.05) is 19.1 Å². The SMILES string of the molecule is CCC(C(N)=S)S(=O)(=O)Nc1ccc2sccc2c1. The number of sulfonamides is 1. The van der Waals surface area contributed by atoms with Gasteiger partial charge in [-0.15, -0.1) is 11.3 Å². The number of nitrogens with one attached hydrogen (secondary N) is 1. The second kappa shape index (κ2) is 5.44. The van der Waals surface area contributed by atoms with Crippen LogP contribution in [0.15, 0.2) is 29.6 Å². The molecule has 0 saturated heterocycles. The molecule has 0 amide bonds. The molecule has 1 aromatic carbocycles. The quantitative estimate of drug-likeness (QED) is 0.832. The third-order valence-electron chi connectivity index (χ3n) is 2.78. The topological polar surface area (TPSA) is 72.2 Å². The number of thiophene rings is 1. The molecule has 1 aromatic heterocycles. The summed E-state index contributed by atoms with van der Waals surface area (Å²) in [4.78, 5) is -0.00777. The van der Waals surface area contributed by atoms with Gasteiger partial charge in [-0.25, -0.2) is 8.42 Å². The Balaban J connectivity index is 2.30. The maximum atomic E-state index is 12.2. The summed E-state index contributed by atoms with van der Waals surface area (Å²) in [5, 5.41) is 2.13. The Morgan fingerprint density at radius 1 is 1.47 bits per heavy atom. The smallest absolute Gasteiger partial charge is 0.242 e. The van der Waals surface area contributed by atoms with Gasteiger partial charge < -0.3 is 5.73 Å². The minimum absolute atomic E-state index is 0.00777. The predicted octanol–water partition coefficient (Wildman–Crippen LogP) is 2.71. The van der Waals surface area contributed by atoms with E-state index in [4.69, 9.17) is 18.0 Å². The molecule has 0 saturated carbocycles. The highest BCUT2D eigenvalue weighted by Gasteiger charge is 2.26. The summed E-state index contributed by atoms with van der Waals surface area (Å²) in [6, 6.07) is 7.38. The monoisotopic (exact) mass is 314 g/mol. The molecule has 0 bridgehead atoms. The minimum atomic E-state index is -3.59. The molecule has 0 radical (unpaired) electrons. The first-order valence-corrected chi connectivity index (χ1v) is 8.55.